The molecule has 0 aliphatic rings. The van der Waals surface area contributed by atoms with E-state index in [1.165, 1.54) is 29.0 Å². The van der Waals surface area contributed by atoms with Crippen LogP contribution in [0, 0.1) is 5.82 Å². The van der Waals surface area contributed by atoms with Gasteiger partial charge in [0, 0.05) is 19.1 Å². The van der Waals surface area contributed by atoms with Gasteiger partial charge in [-0.3, -0.25) is 9.69 Å². The molecule has 1 aromatic rings. The lowest BCUT2D eigenvalue weighted by Crippen LogP contribution is -2.51. The van der Waals surface area contributed by atoms with Crippen LogP contribution in [0.25, 0.3) is 0 Å². The molecule has 0 spiro atoms. The van der Waals surface area contributed by atoms with E-state index in [1.807, 2.05) is 20.8 Å². The highest BCUT2D eigenvalue weighted by Gasteiger charge is 2.30. The first-order valence-electron chi connectivity index (χ1n) is 6.66. The number of benzene rings is 1. The number of carbonyl (C=O) groups is 2. The van der Waals surface area contributed by atoms with Crippen LogP contribution in [0.15, 0.2) is 24.3 Å². The molecule has 0 aromatic heterocycles. The number of halogens is 1. The van der Waals surface area contributed by atoms with Gasteiger partial charge in [-0.05, 0) is 32.9 Å². The summed E-state index contributed by atoms with van der Waals surface area (Å²) in [6.45, 7) is 5.49. The largest absolute Gasteiger partial charge is 0.481 e. The first-order chi connectivity index (χ1) is 9.64. The number of carbonyl (C=O) groups excluding carboxylic acids is 1. The van der Waals surface area contributed by atoms with E-state index in [0.717, 1.165) is 0 Å². The summed E-state index contributed by atoms with van der Waals surface area (Å²) in [6, 6.07) is 5.53. The third-order valence-electron chi connectivity index (χ3n) is 3.09. The van der Waals surface area contributed by atoms with Crippen molar-refractivity contribution in [3.63, 3.8) is 0 Å². The van der Waals surface area contributed by atoms with Crippen molar-refractivity contribution in [3.8, 4) is 0 Å². The van der Waals surface area contributed by atoms with Crippen LogP contribution in [0.1, 0.15) is 27.2 Å². The Morgan fingerprint density at radius 2 is 1.81 bits per heavy atom. The summed E-state index contributed by atoms with van der Waals surface area (Å²) in [6.07, 6.45) is -0.159. The monoisotopic (exact) mass is 296 g/mol. The van der Waals surface area contributed by atoms with Crippen molar-refractivity contribution in [3.05, 3.63) is 30.1 Å². The molecule has 1 N–H and O–H groups in total. The van der Waals surface area contributed by atoms with Crippen LogP contribution in [0.4, 0.5) is 14.9 Å². The molecule has 0 radical (unpaired) electrons. The second kappa shape index (κ2) is 6.56. The first kappa shape index (κ1) is 16.9. The van der Waals surface area contributed by atoms with E-state index < -0.39 is 23.4 Å². The van der Waals surface area contributed by atoms with Gasteiger partial charge < -0.3 is 10.0 Å². The van der Waals surface area contributed by atoms with E-state index in [-0.39, 0.29) is 18.7 Å². The van der Waals surface area contributed by atoms with Gasteiger partial charge in [0.05, 0.1) is 12.1 Å². The molecule has 0 atom stereocenters. The smallest absolute Gasteiger partial charge is 0.324 e. The zero-order chi connectivity index (χ0) is 16.2. The van der Waals surface area contributed by atoms with Gasteiger partial charge in [-0.2, -0.15) is 0 Å². The van der Waals surface area contributed by atoms with Crippen molar-refractivity contribution in [2.45, 2.75) is 32.7 Å². The molecule has 0 aliphatic carbocycles. The standard InChI is InChI=1S/C15H21FN2O3/c1-15(2,3)18(10-9-13(19)20)14(21)17(4)12-8-6-5-7-11(12)16/h5-8H,9-10H2,1-4H3,(H,19,20). The highest BCUT2D eigenvalue weighted by atomic mass is 19.1. The van der Waals surface area contributed by atoms with Crippen molar-refractivity contribution in [2.75, 3.05) is 18.5 Å². The van der Waals surface area contributed by atoms with E-state index in [9.17, 15) is 14.0 Å². The third-order valence-corrected chi connectivity index (χ3v) is 3.09. The van der Waals surface area contributed by atoms with Crippen LogP contribution < -0.4 is 4.90 Å². The molecular weight excluding hydrogens is 275 g/mol. The first-order valence-corrected chi connectivity index (χ1v) is 6.66. The molecule has 116 valence electrons. The Hall–Kier alpha value is -2.11. The minimum atomic E-state index is -0.981. The Morgan fingerprint density at radius 1 is 1.24 bits per heavy atom. The summed E-state index contributed by atoms with van der Waals surface area (Å²) in [5.74, 6) is -1.48. The number of amides is 2. The van der Waals surface area contributed by atoms with Gasteiger partial charge in [-0.1, -0.05) is 12.1 Å². The number of aliphatic carboxylic acids is 1. The van der Waals surface area contributed by atoms with Crippen LogP contribution in [0.5, 0.6) is 0 Å². The lowest BCUT2D eigenvalue weighted by molar-refractivity contribution is -0.137. The van der Waals surface area contributed by atoms with Crippen LogP contribution >= 0.6 is 0 Å². The summed E-state index contributed by atoms with van der Waals surface area (Å²) in [5, 5.41) is 8.80. The van der Waals surface area contributed by atoms with Crippen molar-refractivity contribution in [2.24, 2.45) is 0 Å². The number of carboxylic acids is 1. The lowest BCUT2D eigenvalue weighted by Gasteiger charge is -2.38. The maximum absolute atomic E-state index is 13.8. The molecule has 21 heavy (non-hydrogen) atoms. The second-order valence-corrected chi connectivity index (χ2v) is 5.76. The summed E-state index contributed by atoms with van der Waals surface area (Å²) in [7, 11) is 1.47. The number of hydrogen-bond donors (Lipinski definition) is 1. The summed E-state index contributed by atoms with van der Waals surface area (Å²) in [4.78, 5) is 25.9. The molecule has 0 bridgehead atoms. The molecule has 6 heteroatoms. The van der Waals surface area contributed by atoms with Crippen molar-refractivity contribution in [1.29, 1.82) is 0 Å². The maximum atomic E-state index is 13.8. The van der Waals surface area contributed by atoms with Crippen molar-refractivity contribution in [1.82, 2.24) is 4.90 Å². The Kier molecular flexibility index (Phi) is 5.29. The predicted octanol–water partition coefficient (Wildman–Crippen LogP) is 2.96. The minimum absolute atomic E-state index is 0.0659. The Labute approximate surface area is 124 Å². The average molecular weight is 296 g/mol. The fourth-order valence-corrected chi connectivity index (χ4v) is 1.93. The topological polar surface area (TPSA) is 60.9 Å². The van der Waals surface area contributed by atoms with Crippen molar-refractivity contribution < 1.29 is 19.1 Å². The molecule has 1 aromatic carbocycles. The van der Waals surface area contributed by atoms with E-state index in [2.05, 4.69) is 0 Å². The molecule has 2 amide bonds. The van der Waals surface area contributed by atoms with Gasteiger partial charge in [-0.25, -0.2) is 9.18 Å². The van der Waals surface area contributed by atoms with Gasteiger partial charge >= 0.3 is 12.0 Å². The number of para-hydroxylation sites is 1. The molecule has 0 aliphatic heterocycles. The molecule has 0 heterocycles. The van der Waals surface area contributed by atoms with E-state index in [0.29, 0.717) is 0 Å². The number of nitrogens with zero attached hydrogens (tertiary/aromatic N) is 2. The van der Waals surface area contributed by atoms with Gasteiger partial charge in [-0.15, -0.1) is 0 Å². The second-order valence-electron chi connectivity index (χ2n) is 5.76. The molecule has 0 saturated heterocycles. The Balaban J connectivity index is 3.00. The molecule has 5 nitrogen and oxygen atoms in total. The van der Waals surface area contributed by atoms with Crippen LogP contribution in [0.2, 0.25) is 0 Å². The molecule has 1 rings (SSSR count). The predicted molar refractivity (Wildman–Crippen MR) is 78.9 cm³/mol. The van der Waals surface area contributed by atoms with Crippen LogP contribution in [-0.2, 0) is 4.79 Å². The maximum Gasteiger partial charge on any atom is 0.324 e. The van der Waals surface area contributed by atoms with Gasteiger partial charge in [0.25, 0.3) is 0 Å². The van der Waals surface area contributed by atoms with Crippen molar-refractivity contribution >= 4 is 17.7 Å². The Bertz CT molecular complexity index is 526. The SMILES string of the molecule is CN(C(=O)N(CCC(=O)O)C(C)(C)C)c1ccccc1F. The van der Waals surface area contributed by atoms with E-state index >= 15 is 0 Å². The molecule has 0 fully saturated rings. The summed E-state index contributed by atoms with van der Waals surface area (Å²) in [5.41, 5.74) is -0.404. The minimum Gasteiger partial charge on any atom is -0.481 e. The van der Waals surface area contributed by atoms with Gasteiger partial charge in [0.2, 0.25) is 0 Å². The number of carboxylic acid groups (broad SMARTS) is 1. The third kappa shape index (κ3) is 4.44. The van der Waals surface area contributed by atoms with Gasteiger partial charge in [0.1, 0.15) is 5.82 Å². The number of hydrogen-bond acceptors (Lipinski definition) is 2. The molecule has 0 saturated carbocycles. The van der Waals surface area contributed by atoms with E-state index in [1.54, 1.807) is 12.1 Å². The van der Waals surface area contributed by atoms with Crippen LogP contribution in [-0.4, -0.2) is 41.1 Å². The van der Waals surface area contributed by atoms with Gasteiger partial charge in [0.15, 0.2) is 0 Å². The normalized spacial score (nSPS) is 11.1. The van der Waals surface area contributed by atoms with E-state index in [4.69, 9.17) is 5.11 Å². The lowest BCUT2D eigenvalue weighted by atomic mass is 10.1. The number of rotatable bonds is 4. The zero-order valence-electron chi connectivity index (χ0n) is 12.8. The molecule has 0 unspecified atom stereocenters. The Morgan fingerprint density at radius 3 is 2.29 bits per heavy atom. The highest BCUT2D eigenvalue weighted by Crippen LogP contribution is 2.22. The fraction of sp³-hybridized carbons (Fsp3) is 0.467. The van der Waals surface area contributed by atoms with Crippen LogP contribution in [0.3, 0.4) is 0 Å². The quantitative estimate of drug-likeness (QED) is 0.929. The summed E-state index contributed by atoms with van der Waals surface area (Å²) >= 11 is 0. The highest BCUT2D eigenvalue weighted by molar-refractivity contribution is 5.92. The number of urea groups is 1. The summed E-state index contributed by atoms with van der Waals surface area (Å²) < 4.78 is 13.8. The molecular formula is C15H21FN2O3. The average Bonchev–Trinajstić information content (AvgIpc) is 2.36. The fourth-order valence-electron chi connectivity index (χ4n) is 1.93. The number of anilines is 1. The zero-order valence-corrected chi connectivity index (χ0v) is 12.8.